The van der Waals surface area contributed by atoms with Crippen LogP contribution in [0, 0.1) is 11.8 Å². The first-order chi connectivity index (χ1) is 16.6. The first-order valence-electron chi connectivity index (χ1n) is 10.5. The molecule has 0 bridgehead atoms. The average molecular weight is 453 g/mol. The minimum atomic E-state index is -0.211. The normalized spacial score (nSPS) is 10.7. The second-order valence-corrected chi connectivity index (χ2v) is 7.20. The Morgan fingerprint density at radius 1 is 0.941 bits per heavy atom. The van der Waals surface area contributed by atoms with Crippen LogP contribution in [0.4, 0.5) is 0 Å². The molecule has 0 aliphatic carbocycles. The molecule has 7 nitrogen and oxygen atoms in total. The number of benzene rings is 2. The summed E-state index contributed by atoms with van der Waals surface area (Å²) >= 11 is 0. The lowest BCUT2D eigenvalue weighted by Crippen LogP contribution is -2.22. The van der Waals surface area contributed by atoms with Crippen LogP contribution >= 0.6 is 0 Å². The number of ether oxygens (including phenoxy) is 3. The molecular formula is C27H23N3O4. The third-order valence-corrected chi connectivity index (χ3v) is 5.18. The molecule has 4 rings (SSSR count). The molecule has 0 radical (unpaired) electrons. The van der Waals surface area contributed by atoms with Crippen LogP contribution in [-0.2, 0) is 0 Å². The van der Waals surface area contributed by atoms with Crippen LogP contribution in [0.15, 0.2) is 59.5 Å². The summed E-state index contributed by atoms with van der Waals surface area (Å²) in [6.07, 6.45) is 5.20. The summed E-state index contributed by atoms with van der Waals surface area (Å²) < 4.78 is 17.8. The fourth-order valence-corrected chi connectivity index (χ4v) is 3.60. The van der Waals surface area contributed by atoms with Crippen molar-refractivity contribution in [1.29, 1.82) is 0 Å². The Balaban J connectivity index is 1.88. The van der Waals surface area contributed by atoms with Crippen molar-refractivity contribution in [2.45, 2.75) is 6.92 Å². The predicted molar refractivity (Wildman–Crippen MR) is 133 cm³/mol. The highest BCUT2D eigenvalue weighted by molar-refractivity contribution is 5.77. The Labute approximate surface area is 197 Å². The van der Waals surface area contributed by atoms with E-state index in [1.54, 1.807) is 57.2 Å². The molecule has 0 spiro atoms. The summed E-state index contributed by atoms with van der Waals surface area (Å²) in [5.74, 6) is 7.87. The maximum absolute atomic E-state index is 13.4. The van der Waals surface area contributed by atoms with Crippen LogP contribution in [0.5, 0.6) is 17.2 Å². The first kappa shape index (κ1) is 22.6. The Hall–Kier alpha value is -4.57. The fraction of sp³-hybridized carbons (Fsp3) is 0.148. The molecule has 4 aromatic rings. The SMILES string of the molecule is CC#Cc1ccc(-n2c(C=Cc3cc(OC)c(OC)c(OC)c3)nc3ncccc3c2=O)cc1. The number of hydrogen-bond donors (Lipinski definition) is 0. The predicted octanol–water partition coefficient (Wildman–Crippen LogP) is 4.35. The minimum absolute atomic E-state index is 0.211. The Morgan fingerprint density at radius 2 is 1.65 bits per heavy atom. The van der Waals surface area contributed by atoms with E-state index in [2.05, 4.69) is 21.8 Å². The topological polar surface area (TPSA) is 75.5 Å². The van der Waals surface area contributed by atoms with E-state index in [4.69, 9.17) is 14.2 Å². The van der Waals surface area contributed by atoms with E-state index in [1.165, 1.54) is 0 Å². The zero-order chi connectivity index (χ0) is 24.1. The third kappa shape index (κ3) is 4.34. The van der Waals surface area contributed by atoms with Gasteiger partial charge in [-0.05, 0) is 67.1 Å². The van der Waals surface area contributed by atoms with Crippen molar-refractivity contribution in [3.05, 3.63) is 82.0 Å². The van der Waals surface area contributed by atoms with E-state index in [0.29, 0.717) is 39.8 Å². The lowest BCUT2D eigenvalue weighted by Gasteiger charge is -2.13. The molecule has 0 amide bonds. The van der Waals surface area contributed by atoms with Gasteiger partial charge in [-0.1, -0.05) is 12.0 Å². The number of nitrogens with zero attached hydrogens (tertiary/aromatic N) is 3. The number of methoxy groups -OCH3 is 3. The minimum Gasteiger partial charge on any atom is -0.493 e. The standard InChI is InChI=1S/C27H23N3O4/c1-5-7-18-9-12-20(13-10-18)30-24(29-26-21(27(30)31)8-6-15-28-26)14-11-19-16-22(32-2)25(34-4)23(17-19)33-3/h6,8-17H,1-4H3. The Kier molecular flexibility index (Phi) is 6.60. The maximum Gasteiger partial charge on any atom is 0.267 e. The summed E-state index contributed by atoms with van der Waals surface area (Å²) in [6, 6.07) is 14.5. The van der Waals surface area contributed by atoms with Gasteiger partial charge in [0.15, 0.2) is 17.1 Å². The highest BCUT2D eigenvalue weighted by atomic mass is 16.5. The summed E-state index contributed by atoms with van der Waals surface area (Å²) in [6.45, 7) is 1.78. The van der Waals surface area contributed by atoms with Crippen molar-refractivity contribution in [2.75, 3.05) is 21.3 Å². The van der Waals surface area contributed by atoms with Crippen molar-refractivity contribution in [3.8, 4) is 34.8 Å². The summed E-state index contributed by atoms with van der Waals surface area (Å²) in [4.78, 5) is 22.4. The second kappa shape index (κ2) is 9.92. The molecule has 0 aliphatic heterocycles. The largest absolute Gasteiger partial charge is 0.493 e. The van der Waals surface area contributed by atoms with Crippen LogP contribution in [0.1, 0.15) is 23.9 Å². The number of hydrogen-bond acceptors (Lipinski definition) is 6. The van der Waals surface area contributed by atoms with Crippen LogP contribution in [0.2, 0.25) is 0 Å². The van der Waals surface area contributed by atoms with Crippen molar-refractivity contribution < 1.29 is 14.2 Å². The molecule has 0 saturated carbocycles. The Bertz CT molecular complexity index is 1470. The maximum atomic E-state index is 13.4. The number of pyridine rings is 1. The van der Waals surface area contributed by atoms with Gasteiger partial charge in [0.1, 0.15) is 5.82 Å². The number of rotatable bonds is 6. The molecule has 2 heterocycles. The van der Waals surface area contributed by atoms with Gasteiger partial charge in [0.25, 0.3) is 5.56 Å². The van der Waals surface area contributed by atoms with Gasteiger partial charge in [0.05, 0.1) is 32.4 Å². The van der Waals surface area contributed by atoms with Gasteiger partial charge in [-0.25, -0.2) is 9.97 Å². The molecule has 34 heavy (non-hydrogen) atoms. The molecule has 170 valence electrons. The summed E-state index contributed by atoms with van der Waals surface area (Å²) in [5.41, 5.74) is 2.49. The van der Waals surface area contributed by atoms with Gasteiger partial charge < -0.3 is 14.2 Å². The van der Waals surface area contributed by atoms with E-state index >= 15 is 0 Å². The molecule has 7 heteroatoms. The number of fused-ring (bicyclic) bond motifs is 1. The monoisotopic (exact) mass is 453 g/mol. The van der Waals surface area contributed by atoms with E-state index in [-0.39, 0.29) is 5.56 Å². The molecule has 0 N–H and O–H groups in total. The van der Waals surface area contributed by atoms with Crippen molar-refractivity contribution in [1.82, 2.24) is 14.5 Å². The quantitative estimate of drug-likeness (QED) is 0.404. The van der Waals surface area contributed by atoms with Crippen LogP contribution < -0.4 is 19.8 Å². The first-order valence-corrected chi connectivity index (χ1v) is 10.5. The smallest absolute Gasteiger partial charge is 0.267 e. The van der Waals surface area contributed by atoms with Gasteiger partial charge in [-0.3, -0.25) is 9.36 Å². The molecule has 0 aliphatic rings. The van der Waals surface area contributed by atoms with Crippen LogP contribution in [0.3, 0.4) is 0 Å². The average Bonchev–Trinajstić information content (AvgIpc) is 2.87. The Morgan fingerprint density at radius 3 is 2.26 bits per heavy atom. The molecular weight excluding hydrogens is 430 g/mol. The lowest BCUT2D eigenvalue weighted by atomic mass is 10.1. The van der Waals surface area contributed by atoms with E-state index in [9.17, 15) is 4.79 Å². The summed E-state index contributed by atoms with van der Waals surface area (Å²) in [7, 11) is 4.68. The van der Waals surface area contributed by atoms with Gasteiger partial charge in [0.2, 0.25) is 5.75 Å². The molecule has 0 unspecified atom stereocenters. The molecule has 0 fully saturated rings. The zero-order valence-corrected chi connectivity index (χ0v) is 19.3. The molecule has 2 aromatic heterocycles. The highest BCUT2D eigenvalue weighted by Gasteiger charge is 2.14. The highest BCUT2D eigenvalue weighted by Crippen LogP contribution is 2.38. The zero-order valence-electron chi connectivity index (χ0n) is 19.3. The van der Waals surface area contributed by atoms with Crippen LogP contribution in [-0.4, -0.2) is 35.9 Å². The van der Waals surface area contributed by atoms with E-state index < -0.39 is 0 Å². The van der Waals surface area contributed by atoms with Crippen LogP contribution in [0.25, 0.3) is 28.9 Å². The molecule has 0 atom stereocenters. The van der Waals surface area contributed by atoms with Crippen molar-refractivity contribution in [3.63, 3.8) is 0 Å². The van der Waals surface area contributed by atoms with Gasteiger partial charge >= 0.3 is 0 Å². The number of aromatic nitrogens is 3. The lowest BCUT2D eigenvalue weighted by molar-refractivity contribution is 0.324. The molecule has 0 saturated heterocycles. The van der Waals surface area contributed by atoms with E-state index in [1.807, 2.05) is 42.5 Å². The second-order valence-electron chi connectivity index (χ2n) is 7.20. The molecule has 2 aromatic carbocycles. The fourth-order valence-electron chi connectivity index (χ4n) is 3.60. The summed E-state index contributed by atoms with van der Waals surface area (Å²) in [5, 5.41) is 0.435. The van der Waals surface area contributed by atoms with Crippen molar-refractivity contribution in [2.24, 2.45) is 0 Å². The van der Waals surface area contributed by atoms with Gasteiger partial charge in [-0.2, -0.15) is 0 Å². The van der Waals surface area contributed by atoms with Crippen molar-refractivity contribution >= 4 is 23.2 Å². The third-order valence-electron chi connectivity index (χ3n) is 5.18. The van der Waals surface area contributed by atoms with E-state index in [0.717, 1.165) is 11.1 Å². The van der Waals surface area contributed by atoms with Gasteiger partial charge in [0, 0.05) is 11.8 Å². The van der Waals surface area contributed by atoms with Gasteiger partial charge in [-0.15, -0.1) is 5.92 Å².